The highest BCUT2D eigenvalue weighted by Crippen LogP contribution is 2.26. The summed E-state index contributed by atoms with van der Waals surface area (Å²) in [4.78, 5) is 0. The first-order valence-corrected chi connectivity index (χ1v) is 4.98. The third kappa shape index (κ3) is 2.87. The average Bonchev–Trinajstić information content (AvgIpc) is 2.09. The Kier molecular flexibility index (Phi) is 4.18. The smallest absolute Gasteiger partial charge is 0.0577 e. The van der Waals surface area contributed by atoms with Crippen LogP contribution in [0.4, 0.5) is 0 Å². The molecule has 1 N–H and O–H groups in total. The maximum absolute atomic E-state index is 9.60. The Hall–Kier alpha value is -0.480. The van der Waals surface area contributed by atoms with Gasteiger partial charge in [-0.05, 0) is 18.8 Å². The molecule has 0 heterocycles. The minimum absolute atomic E-state index is 0.0788. The summed E-state index contributed by atoms with van der Waals surface area (Å²) in [5.74, 6) is 6.64. The lowest BCUT2D eigenvalue weighted by Gasteiger charge is -2.25. The zero-order valence-electron chi connectivity index (χ0n) is 7.84. The van der Waals surface area contributed by atoms with Crippen LogP contribution in [0.5, 0.6) is 0 Å². The van der Waals surface area contributed by atoms with E-state index in [0.29, 0.717) is 5.92 Å². The summed E-state index contributed by atoms with van der Waals surface area (Å²) in [5.41, 5.74) is 0. The van der Waals surface area contributed by atoms with Gasteiger partial charge >= 0.3 is 0 Å². The molecule has 1 nitrogen and oxygen atoms in total. The Morgan fingerprint density at radius 3 is 2.67 bits per heavy atom. The summed E-state index contributed by atoms with van der Waals surface area (Å²) < 4.78 is 0. The largest absolute Gasteiger partial charge is 0.393 e. The van der Waals surface area contributed by atoms with Crippen molar-refractivity contribution in [2.45, 2.75) is 51.6 Å². The lowest BCUT2D eigenvalue weighted by molar-refractivity contribution is 0.0724. The number of hydrogen-bond donors (Lipinski definition) is 1. The topological polar surface area (TPSA) is 20.2 Å². The second-order valence-corrected chi connectivity index (χ2v) is 3.52. The highest BCUT2D eigenvalue weighted by atomic mass is 16.3. The Balaban J connectivity index is 2.29. The van der Waals surface area contributed by atoms with Crippen molar-refractivity contribution in [3.63, 3.8) is 0 Å². The van der Waals surface area contributed by atoms with Gasteiger partial charge in [0.1, 0.15) is 0 Å². The molecular weight excluding hydrogens is 148 g/mol. The van der Waals surface area contributed by atoms with Crippen LogP contribution in [0, 0.1) is 17.8 Å². The normalized spacial score (nSPS) is 29.2. The molecule has 2 atom stereocenters. The second-order valence-electron chi connectivity index (χ2n) is 3.52. The molecule has 0 bridgehead atoms. The molecular formula is C11H18O. The maximum Gasteiger partial charge on any atom is 0.0577 e. The molecule has 0 aromatic heterocycles. The zero-order valence-corrected chi connectivity index (χ0v) is 7.84. The molecule has 1 aliphatic carbocycles. The van der Waals surface area contributed by atoms with Crippen molar-refractivity contribution in [3.8, 4) is 11.8 Å². The summed E-state index contributed by atoms with van der Waals surface area (Å²) in [7, 11) is 0. The van der Waals surface area contributed by atoms with Crippen molar-refractivity contribution in [1.82, 2.24) is 0 Å². The summed E-state index contributed by atoms with van der Waals surface area (Å²) in [6.45, 7) is 2.06. The molecule has 12 heavy (non-hydrogen) atoms. The summed E-state index contributed by atoms with van der Waals surface area (Å²) >= 11 is 0. The van der Waals surface area contributed by atoms with Crippen LogP contribution >= 0.6 is 0 Å². The molecule has 0 amide bonds. The van der Waals surface area contributed by atoms with Gasteiger partial charge in [-0.25, -0.2) is 0 Å². The molecule has 68 valence electrons. The van der Waals surface area contributed by atoms with Crippen LogP contribution in [0.25, 0.3) is 0 Å². The molecule has 1 heteroatoms. The van der Waals surface area contributed by atoms with Crippen LogP contribution in [-0.2, 0) is 0 Å². The Labute approximate surface area is 75.2 Å². The Morgan fingerprint density at radius 2 is 2.00 bits per heavy atom. The number of hydrogen-bond acceptors (Lipinski definition) is 1. The van der Waals surface area contributed by atoms with E-state index in [-0.39, 0.29) is 6.10 Å². The van der Waals surface area contributed by atoms with Crippen LogP contribution in [0.1, 0.15) is 45.4 Å². The fourth-order valence-corrected chi connectivity index (χ4v) is 1.75. The van der Waals surface area contributed by atoms with Crippen molar-refractivity contribution in [2.75, 3.05) is 0 Å². The molecule has 1 saturated carbocycles. The highest BCUT2D eigenvalue weighted by molar-refractivity contribution is 5.00. The van der Waals surface area contributed by atoms with Gasteiger partial charge in [0.15, 0.2) is 0 Å². The van der Waals surface area contributed by atoms with Crippen LogP contribution < -0.4 is 0 Å². The summed E-state index contributed by atoms with van der Waals surface area (Å²) in [5, 5.41) is 9.60. The van der Waals surface area contributed by atoms with Crippen molar-refractivity contribution >= 4 is 0 Å². The van der Waals surface area contributed by atoms with E-state index >= 15 is 0 Å². The molecule has 1 aliphatic rings. The van der Waals surface area contributed by atoms with Gasteiger partial charge in [0.05, 0.1) is 6.10 Å². The zero-order chi connectivity index (χ0) is 8.81. The molecule has 1 rings (SSSR count). The molecule has 1 fully saturated rings. The molecule has 0 spiro atoms. The van der Waals surface area contributed by atoms with E-state index in [9.17, 15) is 5.11 Å². The van der Waals surface area contributed by atoms with Gasteiger partial charge < -0.3 is 5.11 Å². The fraction of sp³-hybridized carbons (Fsp3) is 0.818. The SMILES string of the molecule is CCC#CCC1CCCCC1O. The van der Waals surface area contributed by atoms with E-state index in [1.165, 1.54) is 19.3 Å². The molecule has 0 aromatic rings. The first kappa shape index (κ1) is 9.61. The van der Waals surface area contributed by atoms with Gasteiger partial charge in [-0.15, -0.1) is 11.8 Å². The number of aliphatic hydroxyl groups is 1. The predicted molar refractivity (Wildman–Crippen MR) is 50.6 cm³/mol. The van der Waals surface area contributed by atoms with Gasteiger partial charge in [0, 0.05) is 12.8 Å². The third-order valence-corrected chi connectivity index (χ3v) is 2.53. The fourth-order valence-electron chi connectivity index (χ4n) is 1.75. The van der Waals surface area contributed by atoms with Crippen LogP contribution in [-0.4, -0.2) is 11.2 Å². The van der Waals surface area contributed by atoms with Crippen LogP contribution in [0.3, 0.4) is 0 Å². The number of rotatable bonds is 1. The van der Waals surface area contributed by atoms with Crippen molar-refractivity contribution in [3.05, 3.63) is 0 Å². The van der Waals surface area contributed by atoms with E-state index in [0.717, 1.165) is 19.3 Å². The van der Waals surface area contributed by atoms with Crippen molar-refractivity contribution < 1.29 is 5.11 Å². The third-order valence-electron chi connectivity index (χ3n) is 2.53. The maximum atomic E-state index is 9.60. The van der Waals surface area contributed by atoms with Gasteiger partial charge in [-0.1, -0.05) is 19.8 Å². The van der Waals surface area contributed by atoms with Gasteiger partial charge in [-0.2, -0.15) is 0 Å². The predicted octanol–water partition coefficient (Wildman–Crippen LogP) is 2.34. The molecule has 0 saturated heterocycles. The number of aliphatic hydroxyl groups excluding tert-OH is 1. The van der Waals surface area contributed by atoms with E-state index < -0.39 is 0 Å². The minimum atomic E-state index is -0.0788. The first-order chi connectivity index (χ1) is 5.84. The van der Waals surface area contributed by atoms with E-state index in [1.54, 1.807) is 0 Å². The lowest BCUT2D eigenvalue weighted by Crippen LogP contribution is -2.23. The first-order valence-electron chi connectivity index (χ1n) is 4.98. The van der Waals surface area contributed by atoms with Gasteiger partial charge in [-0.3, -0.25) is 0 Å². The van der Waals surface area contributed by atoms with E-state index in [4.69, 9.17) is 0 Å². The molecule has 0 radical (unpaired) electrons. The molecule has 0 aromatic carbocycles. The van der Waals surface area contributed by atoms with Gasteiger partial charge in [0.25, 0.3) is 0 Å². The van der Waals surface area contributed by atoms with Crippen LogP contribution in [0.15, 0.2) is 0 Å². The monoisotopic (exact) mass is 166 g/mol. The Bertz CT molecular complexity index is 175. The van der Waals surface area contributed by atoms with Crippen molar-refractivity contribution in [1.29, 1.82) is 0 Å². The van der Waals surface area contributed by atoms with Crippen LogP contribution in [0.2, 0.25) is 0 Å². The highest BCUT2D eigenvalue weighted by Gasteiger charge is 2.21. The average molecular weight is 166 g/mol. The molecule has 2 unspecified atom stereocenters. The summed E-state index contributed by atoms with van der Waals surface area (Å²) in [6.07, 6.45) is 6.37. The second kappa shape index (κ2) is 5.22. The van der Waals surface area contributed by atoms with Gasteiger partial charge in [0.2, 0.25) is 0 Å². The minimum Gasteiger partial charge on any atom is -0.393 e. The van der Waals surface area contributed by atoms with E-state index in [2.05, 4.69) is 18.8 Å². The molecule has 0 aliphatic heterocycles. The van der Waals surface area contributed by atoms with E-state index in [1.807, 2.05) is 0 Å². The standard InChI is InChI=1S/C11H18O/c1-2-3-4-7-10-8-5-6-9-11(10)12/h10-12H,2,5-9H2,1H3. The quantitative estimate of drug-likeness (QED) is 0.593. The lowest BCUT2D eigenvalue weighted by atomic mass is 9.84. The Morgan fingerprint density at radius 1 is 1.25 bits per heavy atom. The van der Waals surface area contributed by atoms with Crippen molar-refractivity contribution in [2.24, 2.45) is 5.92 Å². The summed E-state index contributed by atoms with van der Waals surface area (Å²) in [6, 6.07) is 0.